The normalized spacial score (nSPS) is 16.5. The highest BCUT2D eigenvalue weighted by molar-refractivity contribution is 9.10. The summed E-state index contributed by atoms with van der Waals surface area (Å²) in [6, 6.07) is 11.5. The zero-order chi connectivity index (χ0) is 20.3. The second kappa shape index (κ2) is 8.92. The maximum atomic E-state index is 13.0. The first-order valence-electron chi connectivity index (χ1n) is 8.73. The molecule has 1 saturated heterocycles. The molecule has 1 fully saturated rings. The Labute approximate surface area is 178 Å². The minimum Gasteiger partial charge on any atom is -0.379 e. The molecule has 0 aromatic heterocycles. The molecule has 1 unspecified atom stereocenters. The summed E-state index contributed by atoms with van der Waals surface area (Å²) in [4.78, 5) is 12.8. The van der Waals surface area contributed by atoms with Crippen molar-refractivity contribution < 1.29 is 17.9 Å². The summed E-state index contributed by atoms with van der Waals surface area (Å²) in [5, 5.41) is 3.50. The van der Waals surface area contributed by atoms with E-state index in [-0.39, 0.29) is 22.4 Å². The molecule has 0 aliphatic carbocycles. The topological polar surface area (TPSA) is 75.7 Å². The van der Waals surface area contributed by atoms with Crippen molar-refractivity contribution in [1.29, 1.82) is 0 Å². The summed E-state index contributed by atoms with van der Waals surface area (Å²) in [6.45, 7) is 3.15. The van der Waals surface area contributed by atoms with Crippen molar-refractivity contribution in [3.63, 3.8) is 0 Å². The maximum absolute atomic E-state index is 13.0. The summed E-state index contributed by atoms with van der Waals surface area (Å²) < 4.78 is 32.9. The second-order valence-electron chi connectivity index (χ2n) is 6.41. The molecule has 1 heterocycles. The minimum absolute atomic E-state index is 0.0706. The highest BCUT2D eigenvalue weighted by Crippen LogP contribution is 2.27. The zero-order valence-corrected chi connectivity index (χ0v) is 18.4. The Morgan fingerprint density at radius 3 is 2.46 bits per heavy atom. The third-order valence-electron chi connectivity index (χ3n) is 4.50. The molecule has 1 atom stereocenters. The molecule has 150 valence electrons. The van der Waals surface area contributed by atoms with E-state index in [1.165, 1.54) is 10.4 Å². The van der Waals surface area contributed by atoms with Gasteiger partial charge in [0.05, 0.1) is 24.2 Å². The van der Waals surface area contributed by atoms with E-state index in [9.17, 15) is 13.2 Å². The Hall–Kier alpha value is -1.45. The first-order valence-corrected chi connectivity index (χ1v) is 11.3. The molecule has 28 heavy (non-hydrogen) atoms. The standard InChI is InChI=1S/C19H20BrClN2O4S/c1-13(14-2-5-16(21)6-3-14)22-19(24)15-4-7-17(20)18(12-15)28(25,26)23-8-10-27-11-9-23/h2-7,12-13H,8-11H2,1H3,(H,22,24). The molecule has 2 aromatic carbocycles. The van der Waals surface area contributed by atoms with Gasteiger partial charge in [0, 0.05) is 28.1 Å². The number of morpholine rings is 1. The Kier molecular flexibility index (Phi) is 6.77. The number of hydrogen-bond donors (Lipinski definition) is 1. The molecular weight excluding hydrogens is 468 g/mol. The van der Waals surface area contributed by atoms with Crippen LogP contribution in [-0.4, -0.2) is 44.9 Å². The fourth-order valence-corrected chi connectivity index (χ4v) is 5.37. The molecule has 0 spiro atoms. The van der Waals surface area contributed by atoms with Gasteiger partial charge >= 0.3 is 0 Å². The van der Waals surface area contributed by atoms with Crippen LogP contribution in [-0.2, 0) is 14.8 Å². The van der Waals surface area contributed by atoms with Crippen molar-refractivity contribution >= 4 is 43.5 Å². The van der Waals surface area contributed by atoms with Gasteiger partial charge in [-0.1, -0.05) is 23.7 Å². The van der Waals surface area contributed by atoms with Crippen LogP contribution in [0.5, 0.6) is 0 Å². The number of hydrogen-bond acceptors (Lipinski definition) is 4. The van der Waals surface area contributed by atoms with Gasteiger partial charge in [-0.05, 0) is 58.7 Å². The van der Waals surface area contributed by atoms with E-state index in [0.717, 1.165) is 5.56 Å². The number of carbonyl (C=O) groups is 1. The van der Waals surface area contributed by atoms with Crippen LogP contribution in [0.25, 0.3) is 0 Å². The summed E-state index contributed by atoms with van der Waals surface area (Å²) >= 11 is 9.19. The van der Waals surface area contributed by atoms with E-state index >= 15 is 0 Å². The van der Waals surface area contributed by atoms with Crippen molar-refractivity contribution in [2.24, 2.45) is 0 Å². The lowest BCUT2D eigenvalue weighted by Gasteiger charge is -2.26. The van der Waals surface area contributed by atoms with Crippen molar-refractivity contribution in [2.45, 2.75) is 17.9 Å². The van der Waals surface area contributed by atoms with Crippen LogP contribution in [0.4, 0.5) is 0 Å². The molecule has 6 nitrogen and oxygen atoms in total. The fourth-order valence-electron chi connectivity index (χ4n) is 2.88. The number of nitrogens with zero attached hydrogens (tertiary/aromatic N) is 1. The summed E-state index contributed by atoms with van der Waals surface area (Å²) in [6.07, 6.45) is 0. The van der Waals surface area contributed by atoms with Crippen LogP contribution in [0.3, 0.4) is 0 Å². The van der Waals surface area contributed by atoms with E-state index < -0.39 is 10.0 Å². The summed E-state index contributed by atoms with van der Waals surface area (Å²) in [5.74, 6) is -0.353. The number of benzene rings is 2. The van der Waals surface area contributed by atoms with Gasteiger partial charge in [-0.2, -0.15) is 4.31 Å². The Morgan fingerprint density at radius 1 is 1.18 bits per heavy atom. The third-order valence-corrected chi connectivity index (χ3v) is 7.64. The molecule has 1 N–H and O–H groups in total. The number of halogens is 2. The van der Waals surface area contributed by atoms with Gasteiger partial charge in [-0.3, -0.25) is 4.79 Å². The lowest BCUT2D eigenvalue weighted by Crippen LogP contribution is -2.40. The van der Waals surface area contributed by atoms with E-state index in [2.05, 4.69) is 21.2 Å². The quantitative estimate of drug-likeness (QED) is 0.699. The van der Waals surface area contributed by atoms with Crippen LogP contribution in [0, 0.1) is 0 Å². The van der Waals surface area contributed by atoms with E-state index in [1.54, 1.807) is 24.3 Å². The lowest BCUT2D eigenvalue weighted by molar-refractivity contribution is 0.0730. The highest BCUT2D eigenvalue weighted by atomic mass is 79.9. The second-order valence-corrected chi connectivity index (χ2v) is 9.61. The van der Waals surface area contributed by atoms with Gasteiger partial charge in [-0.25, -0.2) is 8.42 Å². The molecule has 1 aliphatic rings. The molecule has 0 radical (unpaired) electrons. The zero-order valence-electron chi connectivity index (χ0n) is 15.2. The van der Waals surface area contributed by atoms with Crippen molar-refractivity contribution in [1.82, 2.24) is 9.62 Å². The molecule has 1 aliphatic heterocycles. The smallest absolute Gasteiger partial charge is 0.251 e. The molecule has 9 heteroatoms. The maximum Gasteiger partial charge on any atom is 0.251 e. The van der Waals surface area contributed by atoms with Gasteiger partial charge in [0.25, 0.3) is 5.91 Å². The molecule has 1 amide bonds. The number of rotatable bonds is 5. The summed E-state index contributed by atoms with van der Waals surface area (Å²) in [5.41, 5.74) is 1.17. The van der Waals surface area contributed by atoms with Crippen molar-refractivity contribution in [3.05, 3.63) is 63.1 Å². The van der Waals surface area contributed by atoms with Gasteiger partial charge in [0.1, 0.15) is 0 Å². The number of nitrogens with one attached hydrogen (secondary N) is 1. The third kappa shape index (κ3) is 4.75. The minimum atomic E-state index is -3.72. The van der Waals surface area contributed by atoms with Crippen LogP contribution < -0.4 is 5.32 Å². The van der Waals surface area contributed by atoms with Gasteiger partial charge in [0.15, 0.2) is 0 Å². The predicted molar refractivity (Wildman–Crippen MR) is 111 cm³/mol. The van der Waals surface area contributed by atoms with Crippen LogP contribution in [0.2, 0.25) is 5.02 Å². The summed E-state index contributed by atoms with van der Waals surface area (Å²) in [7, 11) is -3.72. The average molecular weight is 488 g/mol. The Morgan fingerprint density at radius 2 is 1.82 bits per heavy atom. The van der Waals surface area contributed by atoms with Crippen LogP contribution in [0.15, 0.2) is 51.8 Å². The predicted octanol–water partition coefficient (Wildman–Crippen LogP) is 3.61. The molecule has 2 aromatic rings. The van der Waals surface area contributed by atoms with Crippen molar-refractivity contribution in [3.8, 4) is 0 Å². The fraction of sp³-hybridized carbons (Fsp3) is 0.316. The van der Waals surface area contributed by atoms with Crippen molar-refractivity contribution in [2.75, 3.05) is 26.3 Å². The van der Waals surface area contributed by atoms with Crippen LogP contribution in [0.1, 0.15) is 28.9 Å². The van der Waals surface area contributed by atoms with E-state index in [4.69, 9.17) is 16.3 Å². The van der Waals surface area contributed by atoms with E-state index in [0.29, 0.717) is 35.8 Å². The number of carbonyl (C=O) groups excluding carboxylic acids is 1. The Balaban J connectivity index is 1.82. The van der Waals surface area contributed by atoms with Gasteiger partial charge in [-0.15, -0.1) is 0 Å². The highest BCUT2D eigenvalue weighted by Gasteiger charge is 2.29. The first kappa shape index (κ1) is 21.3. The lowest BCUT2D eigenvalue weighted by atomic mass is 10.1. The monoisotopic (exact) mass is 486 g/mol. The first-order chi connectivity index (χ1) is 13.3. The molecule has 0 bridgehead atoms. The molecule has 0 saturated carbocycles. The average Bonchev–Trinajstić information content (AvgIpc) is 2.69. The number of amides is 1. The van der Waals surface area contributed by atoms with Crippen LogP contribution >= 0.6 is 27.5 Å². The van der Waals surface area contributed by atoms with Gasteiger partial charge in [0.2, 0.25) is 10.0 Å². The van der Waals surface area contributed by atoms with Gasteiger partial charge < -0.3 is 10.1 Å². The number of sulfonamides is 1. The number of ether oxygens (including phenoxy) is 1. The molecule has 3 rings (SSSR count). The Bertz CT molecular complexity index is 960. The molecular formula is C19H20BrClN2O4S. The SMILES string of the molecule is CC(NC(=O)c1ccc(Br)c(S(=O)(=O)N2CCOCC2)c1)c1ccc(Cl)cc1. The van der Waals surface area contributed by atoms with E-state index in [1.807, 2.05) is 19.1 Å². The largest absolute Gasteiger partial charge is 0.379 e.